The number of nitrogens with zero attached hydrogens (tertiary/aromatic N) is 3. The van der Waals surface area contributed by atoms with E-state index in [-0.39, 0.29) is 22.6 Å². The van der Waals surface area contributed by atoms with Crippen molar-refractivity contribution in [1.82, 2.24) is 9.55 Å². The van der Waals surface area contributed by atoms with Gasteiger partial charge in [-0.25, -0.2) is 4.98 Å². The molecule has 0 aliphatic heterocycles. The summed E-state index contributed by atoms with van der Waals surface area (Å²) >= 11 is 1.27. The lowest BCUT2D eigenvalue weighted by atomic mass is 9.97. The molecule has 0 radical (unpaired) electrons. The largest absolute Gasteiger partial charge is 0.366 e. The lowest BCUT2D eigenvalue weighted by molar-refractivity contribution is -0.385. The number of carbonyl (C=O) groups excluding carboxylic acids is 1. The molecule has 1 aliphatic rings. The van der Waals surface area contributed by atoms with Gasteiger partial charge < -0.3 is 5.73 Å². The van der Waals surface area contributed by atoms with Crippen LogP contribution in [0.25, 0.3) is 10.9 Å². The van der Waals surface area contributed by atoms with Gasteiger partial charge in [-0.15, -0.1) is 0 Å². The van der Waals surface area contributed by atoms with Crippen LogP contribution >= 0.6 is 11.8 Å². The number of nitrogens with two attached hydrogens (primary N) is 1. The maximum atomic E-state index is 13.3. The van der Waals surface area contributed by atoms with E-state index in [9.17, 15) is 19.7 Å². The molecule has 2 aromatic carbocycles. The molecule has 0 unspecified atom stereocenters. The Balaban J connectivity index is 1.66. The molecular formula is C24H24N4O4S. The fraction of sp³-hybridized carbons (Fsp3) is 0.292. The highest BCUT2D eigenvalue weighted by atomic mass is 32.2. The number of amides is 1. The maximum absolute atomic E-state index is 13.3. The van der Waals surface area contributed by atoms with Gasteiger partial charge in [0, 0.05) is 29.5 Å². The van der Waals surface area contributed by atoms with Crippen molar-refractivity contribution < 1.29 is 9.72 Å². The van der Waals surface area contributed by atoms with Crippen LogP contribution in [0.3, 0.4) is 0 Å². The van der Waals surface area contributed by atoms with E-state index >= 15 is 0 Å². The van der Waals surface area contributed by atoms with Crippen molar-refractivity contribution in [2.75, 3.05) is 0 Å². The zero-order valence-electron chi connectivity index (χ0n) is 18.0. The molecule has 2 N–H and O–H groups in total. The van der Waals surface area contributed by atoms with Crippen LogP contribution in [0.5, 0.6) is 0 Å². The molecule has 8 nitrogen and oxygen atoms in total. The molecule has 1 amide bonds. The van der Waals surface area contributed by atoms with Crippen molar-refractivity contribution in [2.24, 2.45) is 5.73 Å². The molecule has 0 saturated heterocycles. The van der Waals surface area contributed by atoms with Crippen molar-refractivity contribution in [1.29, 1.82) is 0 Å². The predicted molar refractivity (Wildman–Crippen MR) is 128 cm³/mol. The van der Waals surface area contributed by atoms with Gasteiger partial charge >= 0.3 is 0 Å². The molecule has 0 spiro atoms. The predicted octanol–water partition coefficient (Wildman–Crippen LogP) is 4.59. The van der Waals surface area contributed by atoms with Gasteiger partial charge in [0.1, 0.15) is 0 Å². The molecule has 1 heterocycles. The first kappa shape index (κ1) is 22.7. The van der Waals surface area contributed by atoms with E-state index in [1.54, 1.807) is 16.7 Å². The first-order valence-electron chi connectivity index (χ1n) is 10.8. The lowest BCUT2D eigenvalue weighted by Crippen LogP contribution is -2.24. The summed E-state index contributed by atoms with van der Waals surface area (Å²) in [7, 11) is 0. The van der Waals surface area contributed by atoms with Crippen molar-refractivity contribution >= 4 is 34.3 Å². The average Bonchev–Trinajstić information content (AvgIpc) is 2.82. The lowest BCUT2D eigenvalue weighted by Gasteiger charge is -2.16. The minimum Gasteiger partial charge on any atom is -0.366 e. The van der Waals surface area contributed by atoms with Gasteiger partial charge in [0.2, 0.25) is 5.91 Å². The molecule has 170 valence electrons. The van der Waals surface area contributed by atoms with Crippen LogP contribution in [0.1, 0.15) is 48.0 Å². The number of primary amides is 1. The van der Waals surface area contributed by atoms with Gasteiger partial charge in [-0.05, 0) is 50.3 Å². The first-order chi connectivity index (χ1) is 15.9. The highest BCUT2D eigenvalue weighted by molar-refractivity contribution is 7.98. The van der Waals surface area contributed by atoms with Crippen LogP contribution in [-0.2, 0) is 12.3 Å². The molecule has 0 fully saturated rings. The molecule has 33 heavy (non-hydrogen) atoms. The Kier molecular flexibility index (Phi) is 6.88. The number of nitro groups is 1. The Labute approximate surface area is 194 Å². The summed E-state index contributed by atoms with van der Waals surface area (Å²) in [5.41, 5.74) is 7.43. The molecule has 9 heteroatoms. The third-order valence-electron chi connectivity index (χ3n) is 5.79. The zero-order valence-corrected chi connectivity index (χ0v) is 18.8. The molecule has 3 aromatic rings. The molecule has 4 rings (SSSR count). The highest BCUT2D eigenvalue weighted by Gasteiger charge is 2.19. The summed E-state index contributed by atoms with van der Waals surface area (Å²) in [6.07, 6.45) is 7.54. The van der Waals surface area contributed by atoms with Gasteiger partial charge in [0.15, 0.2) is 5.16 Å². The van der Waals surface area contributed by atoms with Gasteiger partial charge in [-0.1, -0.05) is 41.6 Å². The number of para-hydroxylation sites is 1. The smallest absolute Gasteiger partial charge is 0.274 e. The Morgan fingerprint density at radius 3 is 2.76 bits per heavy atom. The van der Waals surface area contributed by atoms with Gasteiger partial charge in [-0.3, -0.25) is 24.3 Å². The Hall–Kier alpha value is -3.46. The van der Waals surface area contributed by atoms with Gasteiger partial charge in [0.05, 0.1) is 15.8 Å². The monoisotopic (exact) mass is 464 g/mol. The summed E-state index contributed by atoms with van der Waals surface area (Å²) in [6, 6.07) is 11.4. The van der Waals surface area contributed by atoms with Gasteiger partial charge in [-0.2, -0.15) is 0 Å². The number of aromatic nitrogens is 2. The number of nitro benzene ring substituents is 1. The van der Waals surface area contributed by atoms with Crippen molar-refractivity contribution in [3.8, 4) is 0 Å². The Morgan fingerprint density at radius 2 is 2.03 bits per heavy atom. The van der Waals surface area contributed by atoms with Crippen LogP contribution in [0.4, 0.5) is 5.69 Å². The molecule has 1 aromatic heterocycles. The van der Waals surface area contributed by atoms with E-state index in [1.807, 2.05) is 12.1 Å². The van der Waals surface area contributed by atoms with E-state index in [0.717, 1.165) is 19.3 Å². The average molecular weight is 465 g/mol. The Bertz CT molecular complexity index is 1320. The molecule has 1 aliphatic carbocycles. The normalized spacial score (nSPS) is 13.6. The van der Waals surface area contributed by atoms with Gasteiger partial charge in [0.25, 0.3) is 11.2 Å². The second-order valence-corrected chi connectivity index (χ2v) is 8.92. The van der Waals surface area contributed by atoms with Crippen molar-refractivity contribution in [2.45, 2.75) is 49.6 Å². The summed E-state index contributed by atoms with van der Waals surface area (Å²) < 4.78 is 1.67. The summed E-state index contributed by atoms with van der Waals surface area (Å²) in [5, 5.41) is 12.6. The maximum Gasteiger partial charge on any atom is 0.274 e. The van der Waals surface area contributed by atoms with Crippen LogP contribution in [-0.4, -0.2) is 20.4 Å². The fourth-order valence-electron chi connectivity index (χ4n) is 3.99. The van der Waals surface area contributed by atoms with Crippen molar-refractivity contribution in [3.05, 3.63) is 85.7 Å². The number of rotatable bonds is 8. The van der Waals surface area contributed by atoms with E-state index in [2.05, 4.69) is 6.08 Å². The second-order valence-electron chi connectivity index (χ2n) is 7.98. The van der Waals surface area contributed by atoms with Crippen LogP contribution < -0.4 is 11.3 Å². The molecule has 0 saturated carbocycles. The molecular weight excluding hydrogens is 440 g/mol. The molecule has 0 bridgehead atoms. The SMILES string of the molecule is NC(=O)c1ccc(CSc2nc3ccccc3c(=O)n2CCC2=CCCCC2)c([N+](=O)[O-])c1. The minimum atomic E-state index is -0.723. The minimum absolute atomic E-state index is 0.0805. The number of hydrogen-bond acceptors (Lipinski definition) is 6. The number of fused-ring (bicyclic) bond motifs is 1. The number of hydrogen-bond donors (Lipinski definition) is 1. The van der Waals surface area contributed by atoms with E-state index in [0.29, 0.717) is 28.2 Å². The number of allylic oxidation sites excluding steroid dienone is 2. The first-order valence-corrected chi connectivity index (χ1v) is 11.8. The standard InChI is InChI=1S/C24H24N4O4S/c25-22(29)17-10-11-18(21(14-17)28(31)32)15-33-24-26-20-9-5-4-8-19(20)23(30)27(24)13-12-16-6-2-1-3-7-16/h4-6,8-11,14H,1-3,7,12-13,15H2,(H2,25,29). The van der Waals surface area contributed by atoms with Crippen molar-refractivity contribution in [3.63, 3.8) is 0 Å². The van der Waals surface area contributed by atoms with E-state index < -0.39 is 10.8 Å². The van der Waals surface area contributed by atoms with Crippen LogP contribution in [0, 0.1) is 10.1 Å². The third kappa shape index (κ3) is 5.14. The number of benzene rings is 2. The zero-order chi connectivity index (χ0) is 23.4. The highest BCUT2D eigenvalue weighted by Crippen LogP contribution is 2.29. The number of carbonyl (C=O) groups is 1. The number of thioether (sulfide) groups is 1. The van der Waals surface area contributed by atoms with Crippen LogP contribution in [0.2, 0.25) is 0 Å². The summed E-state index contributed by atoms with van der Waals surface area (Å²) in [4.78, 5) is 40.4. The molecule has 0 atom stereocenters. The van der Waals surface area contributed by atoms with E-state index in [4.69, 9.17) is 10.7 Å². The van der Waals surface area contributed by atoms with Crippen LogP contribution in [0.15, 0.2) is 64.1 Å². The quantitative estimate of drug-likeness (QED) is 0.171. The van der Waals surface area contributed by atoms with E-state index in [1.165, 1.54) is 48.4 Å². The third-order valence-corrected chi connectivity index (χ3v) is 6.82. The summed E-state index contributed by atoms with van der Waals surface area (Å²) in [5.74, 6) is -0.498. The fourth-order valence-corrected chi connectivity index (χ4v) is 5.02. The topological polar surface area (TPSA) is 121 Å². The summed E-state index contributed by atoms with van der Waals surface area (Å²) in [6.45, 7) is 0.507. The second kappa shape index (κ2) is 9.99. The Morgan fingerprint density at radius 1 is 1.21 bits per heavy atom.